The Morgan fingerprint density at radius 1 is 1.37 bits per heavy atom. The molecular formula is C19H22F3N3O2. The Bertz CT molecular complexity index is 885. The lowest BCUT2D eigenvalue weighted by atomic mass is 9.76. The predicted octanol–water partition coefficient (Wildman–Crippen LogP) is 3.82. The minimum Gasteiger partial charge on any atom is -0.476 e. The molecule has 5 nitrogen and oxygen atoms in total. The normalized spacial score (nSPS) is 16.2. The summed E-state index contributed by atoms with van der Waals surface area (Å²) in [6.07, 6.45) is -2.36. The first-order chi connectivity index (χ1) is 12.5. The van der Waals surface area contributed by atoms with Crippen LogP contribution in [0.1, 0.15) is 53.1 Å². The number of aromatic nitrogens is 2. The van der Waals surface area contributed by atoms with Crippen LogP contribution in [0, 0.1) is 5.41 Å². The van der Waals surface area contributed by atoms with Gasteiger partial charge in [0.25, 0.3) is 0 Å². The molecule has 0 amide bonds. The molecule has 1 aromatic heterocycles. The molecule has 1 aromatic carbocycles. The number of hydrogen-bond acceptors (Lipinski definition) is 3. The van der Waals surface area contributed by atoms with Crippen LogP contribution in [0.3, 0.4) is 0 Å². The van der Waals surface area contributed by atoms with Crippen LogP contribution in [-0.4, -0.2) is 27.9 Å². The first-order valence-electron chi connectivity index (χ1n) is 8.72. The molecule has 8 heteroatoms. The molecule has 3 rings (SSSR count). The SMILES string of the molecule is CNCc1cc(C(F)(F)F)ccc1-n1nc2c(c1C(=O)O)CC(C)(C)CC2. The van der Waals surface area contributed by atoms with E-state index in [4.69, 9.17) is 0 Å². The molecule has 0 unspecified atom stereocenters. The summed E-state index contributed by atoms with van der Waals surface area (Å²) in [5.41, 5.74) is 1.30. The fourth-order valence-electron chi connectivity index (χ4n) is 3.60. The molecule has 0 saturated carbocycles. The smallest absolute Gasteiger partial charge is 0.416 e. The summed E-state index contributed by atoms with van der Waals surface area (Å²) in [4.78, 5) is 12.0. The van der Waals surface area contributed by atoms with Gasteiger partial charge in [0.15, 0.2) is 5.69 Å². The zero-order valence-electron chi connectivity index (χ0n) is 15.4. The summed E-state index contributed by atoms with van der Waals surface area (Å²) in [6, 6.07) is 3.30. The number of halogens is 3. The van der Waals surface area contributed by atoms with Crippen molar-refractivity contribution in [1.82, 2.24) is 15.1 Å². The summed E-state index contributed by atoms with van der Waals surface area (Å²) in [5, 5.41) is 17.1. The van der Waals surface area contributed by atoms with Crippen molar-refractivity contribution >= 4 is 5.97 Å². The van der Waals surface area contributed by atoms with Gasteiger partial charge >= 0.3 is 12.1 Å². The van der Waals surface area contributed by atoms with Crippen LogP contribution in [0.15, 0.2) is 18.2 Å². The zero-order valence-corrected chi connectivity index (χ0v) is 15.4. The fraction of sp³-hybridized carbons (Fsp3) is 0.474. The standard InChI is InChI=1S/C19H22F3N3O2/c1-18(2)7-6-14-13(9-18)16(17(26)27)25(24-14)15-5-4-12(19(20,21)22)8-11(15)10-23-3/h4-5,8,23H,6-7,9-10H2,1-3H3,(H,26,27). The van der Waals surface area contributed by atoms with E-state index >= 15 is 0 Å². The summed E-state index contributed by atoms with van der Waals surface area (Å²) in [7, 11) is 1.62. The molecule has 1 aliphatic carbocycles. The largest absolute Gasteiger partial charge is 0.476 e. The second-order valence-electron chi connectivity index (χ2n) is 7.70. The molecule has 0 saturated heterocycles. The Morgan fingerprint density at radius 3 is 2.67 bits per heavy atom. The quantitative estimate of drug-likeness (QED) is 0.845. The molecular weight excluding hydrogens is 359 g/mol. The van der Waals surface area contributed by atoms with Gasteiger partial charge in [0.2, 0.25) is 0 Å². The molecule has 0 atom stereocenters. The number of fused-ring (bicyclic) bond motifs is 1. The van der Waals surface area contributed by atoms with Crippen LogP contribution < -0.4 is 5.32 Å². The van der Waals surface area contributed by atoms with Crippen molar-refractivity contribution in [2.45, 2.75) is 45.8 Å². The number of rotatable bonds is 4. The first-order valence-corrected chi connectivity index (χ1v) is 8.72. The maximum absolute atomic E-state index is 13.1. The van der Waals surface area contributed by atoms with E-state index in [1.165, 1.54) is 10.7 Å². The first kappa shape index (κ1) is 19.4. The minimum absolute atomic E-state index is 0.0369. The van der Waals surface area contributed by atoms with Crippen molar-refractivity contribution in [3.8, 4) is 5.69 Å². The van der Waals surface area contributed by atoms with Crippen molar-refractivity contribution in [1.29, 1.82) is 0 Å². The van der Waals surface area contributed by atoms with Crippen LogP contribution in [0.2, 0.25) is 0 Å². The molecule has 146 valence electrons. The van der Waals surface area contributed by atoms with E-state index in [1.54, 1.807) is 7.05 Å². The second kappa shape index (κ2) is 6.67. The monoisotopic (exact) mass is 381 g/mol. The lowest BCUT2D eigenvalue weighted by molar-refractivity contribution is -0.137. The highest BCUT2D eigenvalue weighted by atomic mass is 19.4. The maximum atomic E-state index is 13.1. The Balaban J connectivity index is 2.19. The van der Waals surface area contributed by atoms with Gasteiger partial charge in [0, 0.05) is 12.1 Å². The molecule has 0 spiro atoms. The summed E-state index contributed by atoms with van der Waals surface area (Å²) >= 11 is 0. The number of carboxylic acid groups (broad SMARTS) is 1. The lowest BCUT2D eigenvalue weighted by Crippen LogP contribution is -2.23. The van der Waals surface area contributed by atoms with E-state index in [0.717, 1.165) is 18.6 Å². The van der Waals surface area contributed by atoms with Crippen molar-refractivity contribution in [3.05, 3.63) is 46.3 Å². The van der Waals surface area contributed by atoms with E-state index < -0.39 is 17.7 Å². The van der Waals surface area contributed by atoms with Gasteiger partial charge < -0.3 is 10.4 Å². The van der Waals surface area contributed by atoms with Gasteiger partial charge in [0.1, 0.15) is 0 Å². The van der Waals surface area contributed by atoms with Gasteiger partial charge in [-0.05, 0) is 55.5 Å². The third kappa shape index (κ3) is 3.71. The number of aromatic carboxylic acids is 1. The number of benzene rings is 1. The average Bonchev–Trinajstić information content (AvgIpc) is 2.91. The van der Waals surface area contributed by atoms with Gasteiger partial charge in [-0.3, -0.25) is 0 Å². The molecule has 1 aliphatic rings. The molecule has 0 aliphatic heterocycles. The van der Waals surface area contributed by atoms with Gasteiger partial charge in [-0.1, -0.05) is 13.8 Å². The van der Waals surface area contributed by atoms with Crippen LogP contribution in [0.5, 0.6) is 0 Å². The molecule has 2 aromatic rings. The molecule has 1 heterocycles. The number of alkyl halides is 3. The van der Waals surface area contributed by atoms with Crippen LogP contribution in [-0.2, 0) is 25.6 Å². The Morgan fingerprint density at radius 2 is 2.07 bits per heavy atom. The van der Waals surface area contributed by atoms with Gasteiger partial charge in [-0.25, -0.2) is 9.48 Å². The highest BCUT2D eigenvalue weighted by molar-refractivity contribution is 5.89. The Hall–Kier alpha value is -2.35. The third-order valence-electron chi connectivity index (χ3n) is 4.97. The topological polar surface area (TPSA) is 67.2 Å². The van der Waals surface area contributed by atoms with E-state index in [0.29, 0.717) is 35.3 Å². The molecule has 0 fully saturated rings. The molecule has 27 heavy (non-hydrogen) atoms. The van der Waals surface area contributed by atoms with E-state index in [2.05, 4.69) is 24.3 Å². The van der Waals surface area contributed by atoms with Gasteiger partial charge in [-0.15, -0.1) is 0 Å². The summed E-state index contributed by atoms with van der Waals surface area (Å²) in [5.74, 6) is -1.13. The van der Waals surface area contributed by atoms with Crippen molar-refractivity contribution in [2.75, 3.05) is 7.05 Å². The van der Waals surface area contributed by atoms with Gasteiger partial charge in [-0.2, -0.15) is 18.3 Å². The Labute approximate surface area is 155 Å². The number of nitrogens with zero attached hydrogens (tertiary/aromatic N) is 2. The fourth-order valence-corrected chi connectivity index (χ4v) is 3.60. The summed E-state index contributed by atoms with van der Waals surface area (Å²) < 4.78 is 40.5. The molecule has 0 bridgehead atoms. The average molecular weight is 381 g/mol. The highest BCUT2D eigenvalue weighted by Crippen LogP contribution is 2.38. The van der Waals surface area contributed by atoms with Crippen molar-refractivity contribution < 1.29 is 23.1 Å². The van der Waals surface area contributed by atoms with Crippen LogP contribution >= 0.6 is 0 Å². The van der Waals surface area contributed by atoms with E-state index in [-0.39, 0.29) is 17.7 Å². The zero-order chi connectivity index (χ0) is 20.0. The lowest BCUT2D eigenvalue weighted by Gasteiger charge is -2.28. The van der Waals surface area contributed by atoms with E-state index in [1.807, 2.05) is 0 Å². The Kier molecular flexibility index (Phi) is 4.80. The number of nitrogens with one attached hydrogen (secondary N) is 1. The molecule has 2 N–H and O–H groups in total. The highest BCUT2D eigenvalue weighted by Gasteiger charge is 2.35. The van der Waals surface area contributed by atoms with E-state index in [9.17, 15) is 23.1 Å². The van der Waals surface area contributed by atoms with Crippen LogP contribution in [0.4, 0.5) is 13.2 Å². The number of carboxylic acids is 1. The van der Waals surface area contributed by atoms with Crippen molar-refractivity contribution in [3.63, 3.8) is 0 Å². The number of hydrogen-bond donors (Lipinski definition) is 2. The predicted molar refractivity (Wildman–Crippen MR) is 94.1 cm³/mol. The minimum atomic E-state index is -4.47. The van der Waals surface area contributed by atoms with Crippen molar-refractivity contribution in [2.24, 2.45) is 5.41 Å². The second-order valence-corrected chi connectivity index (χ2v) is 7.70. The number of aryl methyl sites for hydroxylation is 1. The molecule has 0 radical (unpaired) electrons. The number of carbonyl (C=O) groups is 1. The van der Waals surface area contributed by atoms with Gasteiger partial charge in [0.05, 0.1) is 16.9 Å². The third-order valence-corrected chi connectivity index (χ3v) is 4.97. The van der Waals surface area contributed by atoms with Crippen LogP contribution in [0.25, 0.3) is 5.69 Å². The summed E-state index contributed by atoms with van der Waals surface area (Å²) in [6.45, 7) is 4.31. The maximum Gasteiger partial charge on any atom is 0.416 e.